The van der Waals surface area contributed by atoms with Crippen LogP contribution < -0.4 is 10.6 Å². The van der Waals surface area contributed by atoms with E-state index in [9.17, 15) is 4.79 Å². The van der Waals surface area contributed by atoms with Crippen molar-refractivity contribution in [2.45, 2.75) is 24.8 Å². The summed E-state index contributed by atoms with van der Waals surface area (Å²) in [5, 5.41) is 15.6. The topological polar surface area (TPSA) is 87.1 Å². The highest BCUT2D eigenvalue weighted by atomic mass is 16.4. The fraction of sp³-hybridized carbons (Fsp3) is 0.316. The second-order valence-corrected chi connectivity index (χ2v) is 6.32. The lowest BCUT2D eigenvalue weighted by molar-refractivity contribution is -0.131. The molecule has 2 heterocycles. The van der Waals surface area contributed by atoms with E-state index in [4.69, 9.17) is 5.11 Å². The highest BCUT2D eigenvalue weighted by Crippen LogP contribution is 2.26. The van der Waals surface area contributed by atoms with Crippen LogP contribution in [-0.4, -0.2) is 39.7 Å². The first kappa shape index (κ1) is 17.1. The summed E-state index contributed by atoms with van der Waals surface area (Å²) in [5.41, 5.74) is 1.81. The average Bonchev–Trinajstić information content (AvgIpc) is 3.09. The predicted octanol–water partition coefficient (Wildman–Crippen LogP) is 2.35. The van der Waals surface area contributed by atoms with Gasteiger partial charge in [-0.1, -0.05) is 30.3 Å². The van der Waals surface area contributed by atoms with Crippen molar-refractivity contribution in [1.29, 1.82) is 0 Å². The Morgan fingerprint density at radius 2 is 2.12 bits per heavy atom. The Labute approximate surface area is 147 Å². The van der Waals surface area contributed by atoms with Gasteiger partial charge in [0.05, 0.1) is 23.6 Å². The van der Waals surface area contributed by atoms with E-state index in [1.165, 1.54) is 11.6 Å². The van der Waals surface area contributed by atoms with Gasteiger partial charge in [0, 0.05) is 12.6 Å². The average molecular weight is 338 g/mol. The molecule has 1 fully saturated rings. The SMILES string of the molecule is O=C(O)/C=C/c1cnc(N[C@]2(CCc3ccccc3)CCNC2)cn1. The predicted molar refractivity (Wildman–Crippen MR) is 97.3 cm³/mol. The molecule has 1 saturated heterocycles. The molecule has 0 saturated carbocycles. The number of aryl methyl sites for hydroxylation is 1. The molecular weight excluding hydrogens is 316 g/mol. The Morgan fingerprint density at radius 3 is 2.76 bits per heavy atom. The number of aromatic nitrogens is 2. The number of rotatable bonds is 7. The molecule has 3 rings (SSSR count). The second-order valence-electron chi connectivity index (χ2n) is 6.32. The van der Waals surface area contributed by atoms with Crippen LogP contribution in [0.2, 0.25) is 0 Å². The van der Waals surface area contributed by atoms with E-state index in [0.717, 1.165) is 38.4 Å². The van der Waals surface area contributed by atoms with E-state index in [1.54, 1.807) is 12.4 Å². The third-order valence-corrected chi connectivity index (χ3v) is 4.44. The molecule has 25 heavy (non-hydrogen) atoms. The number of aliphatic carboxylic acids is 1. The van der Waals surface area contributed by atoms with E-state index >= 15 is 0 Å². The number of nitrogens with zero attached hydrogens (tertiary/aromatic N) is 2. The van der Waals surface area contributed by atoms with Gasteiger partial charge in [-0.2, -0.15) is 0 Å². The minimum Gasteiger partial charge on any atom is -0.478 e. The molecule has 1 aromatic heterocycles. The Bertz CT molecular complexity index is 723. The zero-order chi connectivity index (χ0) is 17.5. The molecule has 1 aromatic carbocycles. The normalized spacial score (nSPS) is 20.0. The Kier molecular flexibility index (Phi) is 5.40. The number of hydrogen-bond acceptors (Lipinski definition) is 5. The molecule has 6 nitrogen and oxygen atoms in total. The number of carboxylic acids is 1. The molecule has 1 atom stereocenters. The molecule has 0 radical (unpaired) electrons. The molecule has 6 heteroatoms. The van der Waals surface area contributed by atoms with Gasteiger partial charge >= 0.3 is 5.97 Å². The summed E-state index contributed by atoms with van der Waals surface area (Å²) in [7, 11) is 0. The first-order valence-electron chi connectivity index (χ1n) is 8.41. The smallest absolute Gasteiger partial charge is 0.328 e. The Hall–Kier alpha value is -2.73. The molecule has 1 aliphatic rings. The van der Waals surface area contributed by atoms with Crippen molar-refractivity contribution in [2.75, 3.05) is 18.4 Å². The Morgan fingerprint density at radius 1 is 1.28 bits per heavy atom. The summed E-state index contributed by atoms with van der Waals surface area (Å²) in [6.45, 7) is 1.87. The van der Waals surface area contributed by atoms with Gasteiger partial charge in [-0.15, -0.1) is 0 Å². The van der Waals surface area contributed by atoms with E-state index in [2.05, 4.69) is 44.9 Å². The van der Waals surface area contributed by atoms with Crippen molar-refractivity contribution in [3.8, 4) is 0 Å². The lowest BCUT2D eigenvalue weighted by atomic mass is 9.90. The van der Waals surface area contributed by atoms with Crippen LogP contribution in [0, 0.1) is 0 Å². The molecule has 0 unspecified atom stereocenters. The molecule has 3 N–H and O–H groups in total. The number of hydrogen-bond donors (Lipinski definition) is 3. The minimum atomic E-state index is -0.999. The van der Waals surface area contributed by atoms with Crippen LogP contribution in [0.4, 0.5) is 5.82 Å². The Balaban J connectivity index is 1.66. The van der Waals surface area contributed by atoms with Crippen LogP contribution in [-0.2, 0) is 11.2 Å². The number of carbonyl (C=O) groups is 1. The number of benzene rings is 1. The lowest BCUT2D eigenvalue weighted by Crippen LogP contribution is -2.41. The van der Waals surface area contributed by atoms with Gasteiger partial charge in [-0.05, 0) is 37.4 Å². The molecule has 130 valence electrons. The number of nitrogens with one attached hydrogen (secondary N) is 2. The maximum absolute atomic E-state index is 10.5. The van der Waals surface area contributed by atoms with Crippen molar-refractivity contribution < 1.29 is 9.90 Å². The van der Waals surface area contributed by atoms with Crippen LogP contribution in [0.15, 0.2) is 48.8 Å². The van der Waals surface area contributed by atoms with Crippen LogP contribution in [0.25, 0.3) is 6.08 Å². The third kappa shape index (κ3) is 4.87. The molecule has 0 bridgehead atoms. The third-order valence-electron chi connectivity index (χ3n) is 4.44. The summed E-state index contributed by atoms with van der Waals surface area (Å²) in [4.78, 5) is 19.2. The van der Waals surface area contributed by atoms with Gasteiger partial charge in [-0.25, -0.2) is 9.78 Å². The quantitative estimate of drug-likeness (QED) is 0.672. The second kappa shape index (κ2) is 7.90. The van der Waals surface area contributed by atoms with Gasteiger partial charge < -0.3 is 15.7 Å². The van der Waals surface area contributed by atoms with E-state index in [1.807, 2.05) is 6.07 Å². The first-order chi connectivity index (χ1) is 12.2. The molecule has 1 aliphatic heterocycles. The standard InChI is InChI=1S/C19H22N4O2/c24-18(25)7-6-16-12-22-17(13-21-16)23-19(10-11-20-14-19)9-8-15-4-2-1-3-5-15/h1-7,12-13,20H,8-11,14H2,(H,22,23)(H,24,25)/b7-6+/t19-/m1/s1. The monoisotopic (exact) mass is 338 g/mol. The largest absolute Gasteiger partial charge is 0.478 e. The zero-order valence-electron chi connectivity index (χ0n) is 14.0. The van der Waals surface area contributed by atoms with Crippen molar-refractivity contribution in [2.24, 2.45) is 0 Å². The summed E-state index contributed by atoms with van der Waals surface area (Å²) in [6.07, 6.45) is 8.76. The first-order valence-corrected chi connectivity index (χ1v) is 8.41. The van der Waals surface area contributed by atoms with E-state index in [-0.39, 0.29) is 5.54 Å². The fourth-order valence-corrected chi connectivity index (χ4v) is 3.07. The fourth-order valence-electron chi connectivity index (χ4n) is 3.07. The van der Waals surface area contributed by atoms with Gasteiger partial charge in [0.2, 0.25) is 0 Å². The minimum absolute atomic E-state index is 0.0387. The maximum atomic E-state index is 10.5. The number of anilines is 1. The van der Waals surface area contributed by atoms with E-state index in [0.29, 0.717) is 11.5 Å². The molecule has 0 aliphatic carbocycles. The summed E-state index contributed by atoms with van der Waals surface area (Å²) in [6, 6.07) is 10.5. The van der Waals surface area contributed by atoms with Gasteiger partial charge in [0.1, 0.15) is 5.82 Å². The molecular formula is C19H22N4O2. The van der Waals surface area contributed by atoms with Crippen molar-refractivity contribution >= 4 is 17.9 Å². The molecule has 0 amide bonds. The number of carboxylic acid groups (broad SMARTS) is 1. The summed E-state index contributed by atoms with van der Waals surface area (Å²) < 4.78 is 0. The van der Waals surface area contributed by atoms with Crippen molar-refractivity contribution in [3.05, 3.63) is 60.1 Å². The summed E-state index contributed by atoms with van der Waals surface area (Å²) in [5.74, 6) is -0.287. The highest BCUT2D eigenvalue weighted by Gasteiger charge is 2.33. The van der Waals surface area contributed by atoms with Crippen LogP contribution in [0.3, 0.4) is 0 Å². The summed E-state index contributed by atoms with van der Waals surface area (Å²) >= 11 is 0. The van der Waals surface area contributed by atoms with Crippen molar-refractivity contribution in [3.63, 3.8) is 0 Å². The van der Waals surface area contributed by atoms with E-state index < -0.39 is 5.97 Å². The lowest BCUT2D eigenvalue weighted by Gasteiger charge is -2.30. The zero-order valence-corrected chi connectivity index (χ0v) is 14.0. The molecule has 0 spiro atoms. The maximum Gasteiger partial charge on any atom is 0.328 e. The van der Waals surface area contributed by atoms with Gasteiger partial charge in [0.15, 0.2) is 0 Å². The van der Waals surface area contributed by atoms with Gasteiger partial charge in [-0.3, -0.25) is 4.98 Å². The van der Waals surface area contributed by atoms with Crippen LogP contribution in [0.1, 0.15) is 24.1 Å². The van der Waals surface area contributed by atoms with Gasteiger partial charge in [0.25, 0.3) is 0 Å². The van der Waals surface area contributed by atoms with Crippen LogP contribution >= 0.6 is 0 Å². The molecule has 2 aromatic rings. The van der Waals surface area contributed by atoms with Crippen LogP contribution in [0.5, 0.6) is 0 Å². The van der Waals surface area contributed by atoms with Crippen molar-refractivity contribution in [1.82, 2.24) is 15.3 Å². The highest BCUT2D eigenvalue weighted by molar-refractivity contribution is 5.84.